The van der Waals surface area contributed by atoms with Crippen LogP contribution in [0.1, 0.15) is 58.2 Å². The average molecular weight is 285 g/mol. The van der Waals surface area contributed by atoms with E-state index in [1.54, 1.807) is 0 Å². The normalized spacial score (nSPS) is 25.5. The first-order valence-electron chi connectivity index (χ1n) is 7.07. The van der Waals surface area contributed by atoms with Gasteiger partial charge in [-0.3, -0.25) is 4.21 Å². The molecule has 0 aromatic carbocycles. The van der Waals surface area contributed by atoms with Crippen LogP contribution in [0.5, 0.6) is 0 Å². The highest BCUT2D eigenvalue weighted by Gasteiger charge is 2.26. The third kappa shape index (κ3) is 3.78. The molecule has 0 spiro atoms. The van der Waals surface area contributed by atoms with Crippen molar-refractivity contribution < 1.29 is 8.73 Å². The second-order valence-electron chi connectivity index (χ2n) is 5.41. The molecule has 5 nitrogen and oxygen atoms in total. The lowest BCUT2D eigenvalue weighted by atomic mass is 9.95. The van der Waals surface area contributed by atoms with E-state index in [-0.39, 0.29) is 5.92 Å². The van der Waals surface area contributed by atoms with Gasteiger partial charge in [0.15, 0.2) is 5.82 Å². The zero-order chi connectivity index (χ0) is 13.8. The van der Waals surface area contributed by atoms with E-state index >= 15 is 0 Å². The van der Waals surface area contributed by atoms with Crippen molar-refractivity contribution in [2.45, 2.75) is 63.7 Å². The van der Waals surface area contributed by atoms with E-state index in [1.165, 1.54) is 0 Å². The second kappa shape index (κ2) is 6.50. The van der Waals surface area contributed by atoms with Gasteiger partial charge in [0.25, 0.3) is 0 Å². The maximum Gasteiger partial charge on any atom is 0.321 e. The van der Waals surface area contributed by atoms with Crippen LogP contribution in [0.15, 0.2) is 4.52 Å². The number of nitrogens with zero attached hydrogens (tertiary/aromatic N) is 2. The van der Waals surface area contributed by atoms with Crippen molar-refractivity contribution in [3.05, 3.63) is 5.82 Å². The summed E-state index contributed by atoms with van der Waals surface area (Å²) in [4.78, 5) is 4.33. The second-order valence-corrected chi connectivity index (χ2v) is 7.42. The fraction of sp³-hybridized carbons (Fsp3) is 0.846. The van der Waals surface area contributed by atoms with E-state index in [1.807, 2.05) is 20.8 Å². The predicted octanol–water partition coefficient (Wildman–Crippen LogP) is 2.68. The number of hydrogen-bond acceptors (Lipinski definition) is 5. The fourth-order valence-corrected chi connectivity index (χ4v) is 3.80. The lowest BCUT2D eigenvalue weighted by Crippen LogP contribution is -2.33. The van der Waals surface area contributed by atoms with Crippen LogP contribution in [-0.4, -0.2) is 31.4 Å². The van der Waals surface area contributed by atoms with Gasteiger partial charge in [-0.25, -0.2) is 0 Å². The van der Waals surface area contributed by atoms with Crippen LogP contribution in [0.3, 0.4) is 0 Å². The highest BCUT2D eigenvalue weighted by atomic mass is 32.2. The van der Waals surface area contributed by atoms with Crippen molar-refractivity contribution in [1.82, 2.24) is 10.1 Å². The molecule has 0 saturated heterocycles. The van der Waals surface area contributed by atoms with Gasteiger partial charge >= 0.3 is 6.01 Å². The van der Waals surface area contributed by atoms with Gasteiger partial charge in [-0.15, -0.1) is 0 Å². The van der Waals surface area contributed by atoms with Gasteiger partial charge in [0.05, 0.1) is 0 Å². The molecule has 1 saturated carbocycles. The van der Waals surface area contributed by atoms with Crippen molar-refractivity contribution in [3.8, 4) is 0 Å². The van der Waals surface area contributed by atoms with Crippen molar-refractivity contribution >= 4 is 16.8 Å². The summed E-state index contributed by atoms with van der Waals surface area (Å²) in [5.74, 6) is 1.74. The molecule has 0 aliphatic heterocycles. The summed E-state index contributed by atoms with van der Waals surface area (Å²) in [6.45, 7) is 6.06. The van der Waals surface area contributed by atoms with Gasteiger partial charge in [0.2, 0.25) is 0 Å². The molecule has 1 aromatic heterocycles. The summed E-state index contributed by atoms with van der Waals surface area (Å²) in [6, 6.07) is 0.798. The van der Waals surface area contributed by atoms with E-state index in [4.69, 9.17) is 4.52 Å². The molecule has 19 heavy (non-hydrogen) atoms. The van der Waals surface area contributed by atoms with Gasteiger partial charge in [-0.05, 0) is 19.3 Å². The van der Waals surface area contributed by atoms with E-state index in [0.29, 0.717) is 17.3 Å². The van der Waals surface area contributed by atoms with Crippen molar-refractivity contribution in [1.29, 1.82) is 0 Å². The maximum absolute atomic E-state index is 11.9. The van der Waals surface area contributed by atoms with Crippen LogP contribution in [-0.2, 0) is 10.8 Å². The first-order valence-corrected chi connectivity index (χ1v) is 8.45. The van der Waals surface area contributed by atoms with E-state index < -0.39 is 10.8 Å². The highest BCUT2D eigenvalue weighted by Crippen LogP contribution is 2.25. The standard InChI is InChI=1S/C13H23N3O2S/c1-4-19(17)11-7-5-6-10(8-11)14-13-15-12(9(2)3)16-18-13/h9-11H,4-8H2,1-3H3,(H,14,15,16). The first-order chi connectivity index (χ1) is 9.10. The summed E-state index contributed by atoms with van der Waals surface area (Å²) >= 11 is 0. The molecular formula is C13H23N3O2S. The molecule has 108 valence electrons. The highest BCUT2D eigenvalue weighted by molar-refractivity contribution is 7.85. The molecule has 1 aromatic rings. The van der Waals surface area contributed by atoms with Crippen molar-refractivity contribution in [2.24, 2.45) is 0 Å². The molecule has 1 aliphatic rings. The molecule has 1 aliphatic carbocycles. The number of nitrogens with one attached hydrogen (secondary N) is 1. The SMILES string of the molecule is CCS(=O)C1CCCC(Nc2nc(C(C)C)no2)C1. The Bertz CT molecular complexity index is 433. The summed E-state index contributed by atoms with van der Waals surface area (Å²) < 4.78 is 17.1. The molecule has 3 unspecified atom stereocenters. The zero-order valence-electron chi connectivity index (χ0n) is 11.9. The van der Waals surface area contributed by atoms with Crippen LogP contribution < -0.4 is 5.32 Å². The summed E-state index contributed by atoms with van der Waals surface area (Å²) in [7, 11) is -0.701. The fourth-order valence-electron chi connectivity index (χ4n) is 2.45. The Morgan fingerprint density at radius 1 is 1.47 bits per heavy atom. The minimum Gasteiger partial charge on any atom is -0.335 e. The summed E-state index contributed by atoms with van der Waals surface area (Å²) in [5.41, 5.74) is 0. The number of anilines is 1. The Kier molecular flexibility index (Phi) is 4.96. The number of hydrogen-bond donors (Lipinski definition) is 1. The summed E-state index contributed by atoms with van der Waals surface area (Å²) in [5, 5.41) is 7.54. The van der Waals surface area contributed by atoms with Crippen LogP contribution in [0, 0.1) is 0 Å². The monoisotopic (exact) mass is 285 g/mol. The van der Waals surface area contributed by atoms with Crippen molar-refractivity contribution in [2.75, 3.05) is 11.1 Å². The molecule has 3 atom stereocenters. The molecule has 1 fully saturated rings. The Morgan fingerprint density at radius 3 is 2.89 bits per heavy atom. The third-order valence-corrected chi connectivity index (χ3v) is 5.31. The van der Waals surface area contributed by atoms with Gasteiger partial charge in [-0.1, -0.05) is 32.3 Å². The third-order valence-electron chi connectivity index (χ3n) is 3.57. The quantitative estimate of drug-likeness (QED) is 0.901. The van der Waals surface area contributed by atoms with Crippen LogP contribution >= 0.6 is 0 Å². The van der Waals surface area contributed by atoms with E-state index in [9.17, 15) is 4.21 Å². The lowest BCUT2D eigenvalue weighted by molar-refractivity contribution is 0.401. The topological polar surface area (TPSA) is 68.0 Å². The van der Waals surface area contributed by atoms with E-state index in [2.05, 4.69) is 15.5 Å². The number of rotatable bonds is 5. The maximum atomic E-state index is 11.9. The predicted molar refractivity (Wildman–Crippen MR) is 76.7 cm³/mol. The molecule has 1 N–H and O–H groups in total. The Labute approximate surface area is 117 Å². The van der Waals surface area contributed by atoms with Crippen LogP contribution in [0.25, 0.3) is 0 Å². The molecular weight excluding hydrogens is 262 g/mol. The first kappa shape index (κ1) is 14.5. The van der Waals surface area contributed by atoms with Crippen LogP contribution in [0.2, 0.25) is 0 Å². The van der Waals surface area contributed by atoms with Gasteiger partial charge < -0.3 is 9.84 Å². The molecule has 0 bridgehead atoms. The minimum atomic E-state index is -0.701. The Balaban J connectivity index is 1.92. The number of aromatic nitrogens is 2. The molecule has 0 radical (unpaired) electrons. The van der Waals surface area contributed by atoms with Gasteiger partial charge in [0.1, 0.15) is 0 Å². The minimum absolute atomic E-state index is 0.269. The largest absolute Gasteiger partial charge is 0.335 e. The van der Waals surface area contributed by atoms with Crippen LogP contribution in [0.4, 0.5) is 6.01 Å². The lowest BCUT2D eigenvalue weighted by Gasteiger charge is -2.28. The van der Waals surface area contributed by atoms with Gasteiger partial charge in [-0.2, -0.15) is 4.98 Å². The molecule has 0 amide bonds. The van der Waals surface area contributed by atoms with E-state index in [0.717, 1.165) is 37.3 Å². The smallest absolute Gasteiger partial charge is 0.321 e. The van der Waals surface area contributed by atoms with Crippen molar-refractivity contribution in [3.63, 3.8) is 0 Å². The zero-order valence-corrected chi connectivity index (χ0v) is 12.7. The molecule has 2 rings (SSSR count). The van der Waals surface area contributed by atoms with Gasteiger partial charge in [0, 0.05) is 33.8 Å². The Hall–Kier alpha value is -0.910. The summed E-state index contributed by atoms with van der Waals surface area (Å²) in [6.07, 6.45) is 4.19. The molecule has 6 heteroatoms. The Morgan fingerprint density at radius 2 is 2.26 bits per heavy atom. The molecule has 1 heterocycles. The average Bonchev–Trinajstić information content (AvgIpc) is 2.87.